The first-order chi connectivity index (χ1) is 17.1. The van der Waals surface area contributed by atoms with Gasteiger partial charge in [0.2, 0.25) is 5.72 Å². The normalized spacial score (nSPS) is 20.0. The lowest BCUT2D eigenvalue weighted by atomic mass is 9.95. The SMILES string of the molecule is CC.COc1cc(/C=C2\CCCN3C2=NOC3(CO)Cc2ccc(F)cc2)ccc1-c1ccn[nH]1. The molecule has 184 valence electrons. The summed E-state index contributed by atoms with van der Waals surface area (Å²) in [6.07, 6.45) is 5.94. The highest BCUT2D eigenvalue weighted by Gasteiger charge is 2.47. The molecule has 8 heteroatoms. The first-order valence-electron chi connectivity index (χ1n) is 11.9. The smallest absolute Gasteiger partial charge is 0.238 e. The van der Waals surface area contributed by atoms with Crippen LogP contribution in [0.25, 0.3) is 17.3 Å². The fourth-order valence-electron chi connectivity index (χ4n) is 4.48. The first kappa shape index (κ1) is 24.5. The highest BCUT2D eigenvalue weighted by atomic mass is 19.1. The molecule has 0 radical (unpaired) electrons. The van der Waals surface area contributed by atoms with E-state index >= 15 is 0 Å². The lowest BCUT2D eigenvalue weighted by Crippen LogP contribution is -2.54. The van der Waals surface area contributed by atoms with Gasteiger partial charge in [-0.3, -0.25) is 5.10 Å². The van der Waals surface area contributed by atoms with Gasteiger partial charge in [0, 0.05) is 24.7 Å². The number of halogens is 1. The molecule has 1 aromatic heterocycles. The fraction of sp³-hybridized carbons (Fsp3) is 0.333. The summed E-state index contributed by atoms with van der Waals surface area (Å²) in [7, 11) is 1.65. The molecule has 7 nitrogen and oxygen atoms in total. The minimum atomic E-state index is -0.991. The Hall–Kier alpha value is -3.65. The summed E-state index contributed by atoms with van der Waals surface area (Å²) < 4.78 is 18.9. The molecule has 0 saturated carbocycles. The number of aromatic amines is 1. The molecule has 35 heavy (non-hydrogen) atoms. The topological polar surface area (TPSA) is 83.0 Å². The van der Waals surface area contributed by atoms with Gasteiger partial charge in [-0.15, -0.1) is 0 Å². The molecule has 2 N–H and O–H groups in total. The molecule has 3 heterocycles. The van der Waals surface area contributed by atoms with Gasteiger partial charge in [0.15, 0.2) is 5.84 Å². The van der Waals surface area contributed by atoms with Crippen LogP contribution in [-0.2, 0) is 11.3 Å². The summed E-state index contributed by atoms with van der Waals surface area (Å²) in [5.41, 5.74) is 3.72. The number of hydrogen-bond donors (Lipinski definition) is 2. The van der Waals surface area contributed by atoms with Crippen molar-refractivity contribution in [1.82, 2.24) is 15.1 Å². The van der Waals surface area contributed by atoms with Gasteiger partial charge in [-0.25, -0.2) is 4.39 Å². The first-order valence-corrected chi connectivity index (χ1v) is 11.9. The number of aliphatic hydroxyl groups excluding tert-OH is 1. The summed E-state index contributed by atoms with van der Waals surface area (Å²) in [5, 5.41) is 21.6. The number of amidine groups is 1. The van der Waals surface area contributed by atoms with Crippen LogP contribution in [0.5, 0.6) is 5.75 Å². The zero-order chi connectivity index (χ0) is 24.8. The van der Waals surface area contributed by atoms with Crippen LogP contribution >= 0.6 is 0 Å². The van der Waals surface area contributed by atoms with Crippen molar-refractivity contribution in [2.45, 2.75) is 38.8 Å². The van der Waals surface area contributed by atoms with Gasteiger partial charge in [-0.1, -0.05) is 37.2 Å². The Kier molecular flexibility index (Phi) is 7.51. The number of hydrogen-bond acceptors (Lipinski definition) is 6. The van der Waals surface area contributed by atoms with Crippen LogP contribution in [0.4, 0.5) is 4.39 Å². The van der Waals surface area contributed by atoms with Gasteiger partial charge in [0.25, 0.3) is 0 Å². The number of rotatable bonds is 6. The summed E-state index contributed by atoms with van der Waals surface area (Å²) in [5.74, 6) is 1.18. The zero-order valence-corrected chi connectivity index (χ0v) is 20.3. The van der Waals surface area contributed by atoms with Crippen molar-refractivity contribution in [3.63, 3.8) is 0 Å². The Balaban J connectivity index is 0.00000141. The average Bonchev–Trinajstić information content (AvgIpc) is 3.56. The Bertz CT molecular complexity index is 1190. The van der Waals surface area contributed by atoms with E-state index in [-0.39, 0.29) is 12.4 Å². The van der Waals surface area contributed by atoms with Gasteiger partial charge in [-0.05, 0) is 65.9 Å². The Morgan fingerprint density at radius 1 is 1.20 bits per heavy atom. The number of methoxy groups -OCH3 is 1. The molecule has 2 aliphatic heterocycles. The van der Waals surface area contributed by atoms with Crippen LogP contribution in [-0.4, -0.2) is 52.0 Å². The second-order valence-corrected chi connectivity index (χ2v) is 8.27. The van der Waals surface area contributed by atoms with E-state index in [0.29, 0.717) is 6.42 Å². The maximum absolute atomic E-state index is 13.3. The summed E-state index contributed by atoms with van der Waals surface area (Å²) in [6, 6.07) is 14.2. The maximum Gasteiger partial charge on any atom is 0.238 e. The monoisotopic (exact) mass is 478 g/mol. The number of H-pyrrole nitrogens is 1. The van der Waals surface area contributed by atoms with Crippen LogP contribution in [0.3, 0.4) is 0 Å². The number of nitrogens with one attached hydrogen (secondary N) is 1. The predicted octanol–water partition coefficient (Wildman–Crippen LogP) is 5.00. The van der Waals surface area contributed by atoms with Crippen molar-refractivity contribution in [3.8, 4) is 17.0 Å². The number of benzene rings is 2. The molecule has 2 aromatic carbocycles. The average molecular weight is 479 g/mol. The van der Waals surface area contributed by atoms with Gasteiger partial charge in [0.1, 0.15) is 18.2 Å². The van der Waals surface area contributed by atoms with Crippen LogP contribution in [0.1, 0.15) is 37.8 Å². The third-order valence-electron chi connectivity index (χ3n) is 6.16. The quantitative estimate of drug-likeness (QED) is 0.521. The Labute approximate surface area is 204 Å². The van der Waals surface area contributed by atoms with Crippen LogP contribution in [0, 0.1) is 5.82 Å². The van der Waals surface area contributed by atoms with Crippen molar-refractivity contribution in [1.29, 1.82) is 0 Å². The van der Waals surface area contributed by atoms with Crippen LogP contribution < -0.4 is 4.74 Å². The van der Waals surface area contributed by atoms with Crippen molar-refractivity contribution in [3.05, 3.63) is 77.2 Å². The Morgan fingerprint density at radius 2 is 2.00 bits per heavy atom. The van der Waals surface area contributed by atoms with Gasteiger partial charge < -0.3 is 19.6 Å². The van der Waals surface area contributed by atoms with E-state index in [1.807, 2.05) is 43.0 Å². The molecule has 1 atom stereocenters. The summed E-state index contributed by atoms with van der Waals surface area (Å²) in [6.45, 7) is 4.50. The van der Waals surface area contributed by atoms with Crippen LogP contribution in [0.15, 0.2) is 65.5 Å². The second-order valence-electron chi connectivity index (χ2n) is 8.27. The van der Waals surface area contributed by atoms with E-state index in [1.165, 1.54) is 12.1 Å². The molecule has 1 unspecified atom stereocenters. The third-order valence-corrected chi connectivity index (χ3v) is 6.16. The standard InChI is InChI=1S/C25H25FN4O3.C2H6/c1-32-23-14-18(6-9-21(23)22-10-11-27-28-22)13-19-3-2-12-30-24(19)29-33-25(30,16-31)15-17-4-7-20(26)8-5-17;1-2/h4-11,13-14,31H,2-3,12,15-16H2,1H3,(H,27,28);1-2H3/b19-13+;. The van der Waals surface area contributed by atoms with Crippen molar-refractivity contribution in [2.75, 3.05) is 20.3 Å². The molecular weight excluding hydrogens is 447 g/mol. The molecule has 1 fully saturated rings. The molecule has 0 aliphatic carbocycles. The third kappa shape index (κ3) is 4.93. The van der Waals surface area contributed by atoms with E-state index in [1.54, 1.807) is 25.4 Å². The lowest BCUT2D eigenvalue weighted by molar-refractivity contribution is -0.129. The largest absolute Gasteiger partial charge is 0.496 e. The minimum Gasteiger partial charge on any atom is -0.496 e. The molecule has 3 aromatic rings. The number of fused-ring (bicyclic) bond motifs is 1. The minimum absolute atomic E-state index is 0.225. The molecule has 2 aliphatic rings. The van der Waals surface area contributed by atoms with Gasteiger partial charge in [0.05, 0.1) is 12.8 Å². The number of aliphatic hydroxyl groups is 1. The van der Waals surface area contributed by atoms with Gasteiger partial charge in [-0.2, -0.15) is 5.10 Å². The molecule has 0 bridgehead atoms. The molecule has 5 rings (SSSR count). The van der Waals surface area contributed by atoms with Crippen LogP contribution in [0.2, 0.25) is 0 Å². The van der Waals surface area contributed by atoms with E-state index < -0.39 is 5.72 Å². The van der Waals surface area contributed by atoms with Crippen molar-refractivity contribution in [2.24, 2.45) is 5.16 Å². The fourth-order valence-corrected chi connectivity index (χ4v) is 4.48. The molecular formula is C27H31FN4O3. The summed E-state index contributed by atoms with van der Waals surface area (Å²) >= 11 is 0. The highest BCUT2D eigenvalue weighted by Crippen LogP contribution is 2.37. The molecule has 0 spiro atoms. The predicted molar refractivity (Wildman–Crippen MR) is 134 cm³/mol. The number of aromatic nitrogens is 2. The van der Waals surface area contributed by atoms with E-state index in [0.717, 1.165) is 58.9 Å². The van der Waals surface area contributed by atoms with E-state index in [4.69, 9.17) is 9.57 Å². The molecule has 1 saturated heterocycles. The van der Waals surface area contributed by atoms with E-state index in [9.17, 15) is 9.50 Å². The van der Waals surface area contributed by atoms with Crippen molar-refractivity contribution < 1.29 is 19.1 Å². The van der Waals surface area contributed by atoms with Gasteiger partial charge >= 0.3 is 0 Å². The second kappa shape index (κ2) is 10.7. The van der Waals surface area contributed by atoms with E-state index in [2.05, 4.69) is 21.4 Å². The lowest BCUT2D eigenvalue weighted by Gasteiger charge is -2.38. The maximum atomic E-state index is 13.3. The zero-order valence-electron chi connectivity index (χ0n) is 20.3. The Morgan fingerprint density at radius 3 is 2.69 bits per heavy atom. The number of piperidine rings is 1. The number of ether oxygens (including phenoxy) is 1. The number of oxime groups is 1. The van der Waals surface area contributed by atoms with Crippen molar-refractivity contribution >= 4 is 11.9 Å². The number of nitrogens with zero attached hydrogens (tertiary/aromatic N) is 3. The highest BCUT2D eigenvalue weighted by molar-refractivity contribution is 6.03. The molecule has 0 amide bonds. The summed E-state index contributed by atoms with van der Waals surface area (Å²) in [4.78, 5) is 7.88.